The second-order valence-corrected chi connectivity index (χ2v) is 10.0. The molecule has 1 saturated carbocycles. The van der Waals surface area contributed by atoms with Crippen molar-refractivity contribution in [1.29, 1.82) is 0 Å². The molecule has 4 nitrogen and oxygen atoms in total. The molecule has 0 atom stereocenters. The lowest BCUT2D eigenvalue weighted by Gasteiger charge is -2.31. The van der Waals surface area contributed by atoms with Gasteiger partial charge in [-0.2, -0.15) is 0 Å². The van der Waals surface area contributed by atoms with Crippen LogP contribution >= 0.6 is 0 Å². The summed E-state index contributed by atoms with van der Waals surface area (Å²) in [5.74, 6) is -2.68. The van der Waals surface area contributed by atoms with Crippen LogP contribution in [0.25, 0.3) is 0 Å². The fourth-order valence-corrected chi connectivity index (χ4v) is 3.87. The molecule has 0 amide bonds. The molecule has 1 fully saturated rings. The van der Waals surface area contributed by atoms with Gasteiger partial charge in [0.25, 0.3) is 0 Å². The molecule has 2 N–H and O–H groups in total. The van der Waals surface area contributed by atoms with Crippen LogP contribution in [0.15, 0.2) is 12.1 Å². The number of halogens is 3. The molecular weight excluding hydrogens is 353 g/mol. The van der Waals surface area contributed by atoms with Crippen LogP contribution in [0.5, 0.6) is 0 Å². The van der Waals surface area contributed by atoms with Gasteiger partial charge in [0, 0.05) is 24.7 Å². The molecule has 0 saturated heterocycles. The average molecular weight is 378 g/mol. The first kappa shape index (κ1) is 20.0. The summed E-state index contributed by atoms with van der Waals surface area (Å²) in [4.78, 5) is 0. The zero-order valence-electron chi connectivity index (χ0n) is 14.7. The first-order valence-electron chi connectivity index (χ1n) is 8.40. The topological polar surface area (TPSA) is 58.2 Å². The summed E-state index contributed by atoms with van der Waals surface area (Å²) in [5, 5.41) is 2.71. The van der Waals surface area contributed by atoms with E-state index in [9.17, 15) is 21.6 Å². The number of rotatable bonds is 5. The molecule has 8 heteroatoms. The molecule has 25 heavy (non-hydrogen) atoms. The van der Waals surface area contributed by atoms with E-state index in [2.05, 4.69) is 10.0 Å². The second-order valence-electron chi connectivity index (χ2n) is 7.58. The Labute approximate surface area is 147 Å². The fourth-order valence-electron chi connectivity index (χ4n) is 2.84. The molecule has 0 aromatic heterocycles. The van der Waals surface area contributed by atoms with Gasteiger partial charge in [-0.1, -0.05) is 0 Å². The van der Waals surface area contributed by atoms with E-state index in [4.69, 9.17) is 0 Å². The molecule has 1 aliphatic carbocycles. The van der Waals surface area contributed by atoms with Crippen molar-refractivity contribution in [2.24, 2.45) is 5.92 Å². The third-order valence-electron chi connectivity index (χ3n) is 4.55. The minimum Gasteiger partial charge on any atom is -0.380 e. The summed E-state index contributed by atoms with van der Waals surface area (Å²) in [5.41, 5.74) is -0.322. The summed E-state index contributed by atoms with van der Waals surface area (Å²) in [6, 6.07) is 1.17. The first-order valence-corrected chi connectivity index (χ1v) is 9.88. The lowest BCUT2D eigenvalue weighted by atomic mass is 9.86. The van der Waals surface area contributed by atoms with Crippen LogP contribution in [0.1, 0.15) is 46.5 Å². The molecule has 0 bridgehead atoms. The fraction of sp³-hybridized carbons (Fsp3) is 0.647. The molecule has 0 heterocycles. The summed E-state index contributed by atoms with van der Waals surface area (Å²) in [6.07, 6.45) is 2.84. The van der Waals surface area contributed by atoms with Crippen LogP contribution in [0.4, 0.5) is 18.9 Å². The zero-order valence-corrected chi connectivity index (χ0v) is 15.5. The normalized spacial score (nSPS) is 22.0. The lowest BCUT2D eigenvalue weighted by Crippen LogP contribution is -2.46. The van der Waals surface area contributed by atoms with Gasteiger partial charge in [-0.25, -0.2) is 26.3 Å². The number of hydrogen-bond acceptors (Lipinski definition) is 3. The molecule has 0 spiro atoms. The smallest absolute Gasteiger partial charge is 0.216 e. The Morgan fingerprint density at radius 2 is 1.56 bits per heavy atom. The molecular formula is C17H25F3N2O2S. The maximum absolute atomic E-state index is 13.6. The molecule has 0 unspecified atom stereocenters. The van der Waals surface area contributed by atoms with Crippen LogP contribution in [0.3, 0.4) is 0 Å². The molecule has 0 radical (unpaired) electrons. The predicted molar refractivity (Wildman–Crippen MR) is 92.4 cm³/mol. The van der Waals surface area contributed by atoms with E-state index in [-0.39, 0.29) is 17.6 Å². The van der Waals surface area contributed by atoms with Gasteiger partial charge in [-0.15, -0.1) is 0 Å². The molecule has 1 aromatic carbocycles. The van der Waals surface area contributed by atoms with Crippen LogP contribution in [0.2, 0.25) is 0 Å². The summed E-state index contributed by atoms with van der Waals surface area (Å²) >= 11 is 0. The van der Waals surface area contributed by atoms with Crippen molar-refractivity contribution in [3.05, 3.63) is 29.6 Å². The Hall–Kier alpha value is -1.28. The lowest BCUT2D eigenvalue weighted by molar-refractivity contribution is 0.322. The molecule has 142 valence electrons. The van der Waals surface area contributed by atoms with Gasteiger partial charge in [-0.3, -0.25) is 0 Å². The molecule has 1 aromatic rings. The third-order valence-corrected chi connectivity index (χ3v) is 6.81. The maximum Gasteiger partial charge on any atom is 0.216 e. The van der Waals surface area contributed by atoms with Gasteiger partial charge in [0.2, 0.25) is 10.0 Å². The highest BCUT2D eigenvalue weighted by Crippen LogP contribution is 2.28. The first-order chi connectivity index (χ1) is 11.5. The van der Waals surface area contributed by atoms with Crippen molar-refractivity contribution in [3.63, 3.8) is 0 Å². The monoisotopic (exact) mass is 378 g/mol. The number of nitrogens with one attached hydrogen (secondary N) is 2. The SMILES string of the molecule is CC(C)(C)S(=O)(=O)NC1CCC(CNc2c(F)cc(F)cc2F)CC1. The minimum absolute atomic E-state index is 0.111. The van der Waals surface area contributed by atoms with E-state index >= 15 is 0 Å². The standard InChI is InChI=1S/C17H25F3N2O2S/c1-17(2,3)25(23,24)22-13-6-4-11(5-7-13)10-21-16-14(19)8-12(18)9-15(16)20/h8-9,11,13,21-22H,4-7,10H2,1-3H3. The van der Waals surface area contributed by atoms with E-state index in [0.29, 0.717) is 31.5 Å². The Morgan fingerprint density at radius 1 is 1.04 bits per heavy atom. The number of hydrogen-bond donors (Lipinski definition) is 2. The molecule has 2 rings (SSSR count). The van der Waals surface area contributed by atoms with E-state index in [0.717, 1.165) is 12.8 Å². The van der Waals surface area contributed by atoms with Crippen molar-refractivity contribution < 1.29 is 21.6 Å². The van der Waals surface area contributed by atoms with Crippen LogP contribution < -0.4 is 10.0 Å². The van der Waals surface area contributed by atoms with Crippen LogP contribution in [0, 0.1) is 23.4 Å². The van der Waals surface area contributed by atoms with E-state index in [1.54, 1.807) is 20.8 Å². The predicted octanol–water partition coefficient (Wildman–Crippen LogP) is 3.79. The van der Waals surface area contributed by atoms with Gasteiger partial charge in [0.1, 0.15) is 11.5 Å². The third kappa shape index (κ3) is 5.10. The highest BCUT2D eigenvalue weighted by molar-refractivity contribution is 7.90. The minimum atomic E-state index is -3.39. The van der Waals surface area contributed by atoms with Gasteiger partial charge in [0.15, 0.2) is 11.6 Å². The largest absolute Gasteiger partial charge is 0.380 e. The summed E-state index contributed by atoms with van der Waals surface area (Å²) < 4.78 is 66.4. The maximum atomic E-state index is 13.6. The Kier molecular flexibility index (Phi) is 6.04. The van der Waals surface area contributed by atoms with Gasteiger partial charge in [-0.05, 0) is 52.4 Å². The van der Waals surface area contributed by atoms with Crippen molar-refractivity contribution in [2.75, 3.05) is 11.9 Å². The molecule has 0 aliphatic heterocycles. The Morgan fingerprint density at radius 3 is 2.04 bits per heavy atom. The molecule has 1 aliphatic rings. The highest BCUT2D eigenvalue weighted by Gasteiger charge is 2.32. The van der Waals surface area contributed by atoms with E-state index in [1.165, 1.54) is 0 Å². The van der Waals surface area contributed by atoms with Crippen molar-refractivity contribution >= 4 is 15.7 Å². The van der Waals surface area contributed by atoms with Gasteiger partial charge in [0.05, 0.1) is 4.75 Å². The number of anilines is 1. The quantitative estimate of drug-likeness (QED) is 0.820. The van der Waals surface area contributed by atoms with E-state index in [1.807, 2.05) is 0 Å². The zero-order chi connectivity index (χ0) is 18.8. The highest BCUT2D eigenvalue weighted by atomic mass is 32.2. The average Bonchev–Trinajstić information content (AvgIpc) is 2.46. The van der Waals surface area contributed by atoms with Crippen LogP contribution in [-0.2, 0) is 10.0 Å². The van der Waals surface area contributed by atoms with E-state index < -0.39 is 32.2 Å². The Balaban J connectivity index is 1.86. The van der Waals surface area contributed by atoms with Crippen LogP contribution in [-0.4, -0.2) is 25.8 Å². The number of sulfonamides is 1. The van der Waals surface area contributed by atoms with Crippen molar-refractivity contribution in [3.8, 4) is 0 Å². The second kappa shape index (κ2) is 7.53. The number of benzene rings is 1. The van der Waals surface area contributed by atoms with Crippen molar-refractivity contribution in [1.82, 2.24) is 4.72 Å². The summed E-state index contributed by atoms with van der Waals surface area (Å²) in [6.45, 7) is 5.31. The van der Waals surface area contributed by atoms with Gasteiger partial charge < -0.3 is 5.32 Å². The van der Waals surface area contributed by atoms with Gasteiger partial charge >= 0.3 is 0 Å². The van der Waals surface area contributed by atoms with Crippen molar-refractivity contribution in [2.45, 2.75) is 57.2 Å². The summed E-state index contributed by atoms with van der Waals surface area (Å²) in [7, 11) is -3.39. The Bertz CT molecular complexity index is 686.